The molecule has 0 aromatic heterocycles. The number of benzene rings is 1. The van der Waals surface area contributed by atoms with Gasteiger partial charge < -0.3 is 10.5 Å². The van der Waals surface area contributed by atoms with Crippen molar-refractivity contribution in [1.82, 2.24) is 4.90 Å². The number of nitrogens with two attached hydrogens (primary N) is 1. The molecule has 0 aliphatic carbocycles. The molecule has 1 aliphatic heterocycles. The molecule has 4 heteroatoms. The summed E-state index contributed by atoms with van der Waals surface area (Å²) in [4.78, 5) is 2.52. The first-order valence-electron chi connectivity index (χ1n) is 7.24. The molecule has 1 saturated heterocycles. The Morgan fingerprint density at radius 3 is 2.80 bits per heavy atom. The molecule has 1 aromatic carbocycles. The predicted octanol–water partition coefficient (Wildman–Crippen LogP) is 3.58. The van der Waals surface area contributed by atoms with Gasteiger partial charge in [-0.1, -0.05) is 29.8 Å². The molecule has 2 N–H and O–H groups in total. The maximum Gasteiger partial charge on any atom is 0.119 e. The second kappa shape index (κ2) is 6.46. The molecule has 3 nitrogen and oxygen atoms in total. The minimum atomic E-state index is 0.249. The molecule has 1 heterocycles. The Hall–Kier alpha value is -0.580. The minimum Gasteiger partial charge on any atom is -0.497 e. The lowest BCUT2D eigenvalue weighted by Crippen LogP contribution is -2.44. The summed E-state index contributed by atoms with van der Waals surface area (Å²) in [5.74, 6) is 0.887. The Labute approximate surface area is 130 Å². The number of nitrogens with zero attached hydrogens (tertiary/aromatic N) is 1. The molecule has 0 bridgehead atoms. The molecule has 1 aliphatic rings. The quantitative estimate of drug-likeness (QED) is 0.910. The van der Waals surface area contributed by atoms with Crippen LogP contribution in [0.15, 0.2) is 22.7 Å². The van der Waals surface area contributed by atoms with Crippen molar-refractivity contribution in [3.63, 3.8) is 0 Å². The van der Waals surface area contributed by atoms with Crippen molar-refractivity contribution in [1.29, 1.82) is 0 Å². The zero-order chi connectivity index (χ0) is 14.8. The summed E-state index contributed by atoms with van der Waals surface area (Å²) < 4.78 is 6.46. The second-order valence-corrected chi connectivity index (χ2v) is 7.23. The zero-order valence-corrected chi connectivity index (χ0v) is 14.2. The fraction of sp³-hybridized carbons (Fsp3) is 0.625. The van der Waals surface area contributed by atoms with E-state index < -0.39 is 0 Å². The highest BCUT2D eigenvalue weighted by Gasteiger charge is 2.31. The first kappa shape index (κ1) is 15.8. The monoisotopic (exact) mass is 340 g/mol. The van der Waals surface area contributed by atoms with Gasteiger partial charge in [0.25, 0.3) is 0 Å². The van der Waals surface area contributed by atoms with Gasteiger partial charge in [-0.05, 0) is 48.6 Å². The van der Waals surface area contributed by atoms with Crippen molar-refractivity contribution >= 4 is 15.9 Å². The van der Waals surface area contributed by atoms with Crippen LogP contribution in [0.25, 0.3) is 0 Å². The van der Waals surface area contributed by atoms with Crippen LogP contribution < -0.4 is 10.5 Å². The Balaban J connectivity index is 2.27. The van der Waals surface area contributed by atoms with E-state index in [9.17, 15) is 0 Å². The number of hydrogen-bond donors (Lipinski definition) is 1. The van der Waals surface area contributed by atoms with Crippen LogP contribution in [0.3, 0.4) is 0 Å². The lowest BCUT2D eigenvalue weighted by atomic mass is 9.83. The number of piperidine rings is 1. The topological polar surface area (TPSA) is 38.5 Å². The Morgan fingerprint density at radius 2 is 2.20 bits per heavy atom. The van der Waals surface area contributed by atoms with Gasteiger partial charge in [0.1, 0.15) is 5.75 Å². The van der Waals surface area contributed by atoms with E-state index in [-0.39, 0.29) is 6.04 Å². The summed E-state index contributed by atoms with van der Waals surface area (Å²) in [6.07, 6.45) is 2.53. The number of rotatable bonds is 4. The van der Waals surface area contributed by atoms with E-state index in [4.69, 9.17) is 10.5 Å². The molecule has 2 rings (SSSR count). The molecule has 1 aromatic rings. The maximum atomic E-state index is 6.08. The molecule has 0 amide bonds. The van der Waals surface area contributed by atoms with Crippen LogP contribution in [0.4, 0.5) is 0 Å². The van der Waals surface area contributed by atoms with E-state index in [1.807, 2.05) is 12.1 Å². The first-order chi connectivity index (χ1) is 9.46. The molecular weight excluding hydrogens is 316 g/mol. The predicted molar refractivity (Wildman–Crippen MR) is 87.1 cm³/mol. The lowest BCUT2D eigenvalue weighted by molar-refractivity contribution is 0.0803. The fourth-order valence-electron chi connectivity index (χ4n) is 3.11. The van der Waals surface area contributed by atoms with Gasteiger partial charge in [0.2, 0.25) is 0 Å². The van der Waals surface area contributed by atoms with Crippen molar-refractivity contribution in [2.24, 2.45) is 11.1 Å². The number of likely N-dealkylation sites (tertiary alicyclic amines) is 1. The summed E-state index contributed by atoms with van der Waals surface area (Å²) >= 11 is 3.66. The van der Waals surface area contributed by atoms with Crippen molar-refractivity contribution in [2.75, 3.05) is 26.7 Å². The van der Waals surface area contributed by atoms with Gasteiger partial charge in [0.05, 0.1) is 7.11 Å². The second-order valence-electron chi connectivity index (χ2n) is 6.38. The van der Waals surface area contributed by atoms with E-state index >= 15 is 0 Å². The van der Waals surface area contributed by atoms with Gasteiger partial charge in [-0.25, -0.2) is 0 Å². The van der Waals surface area contributed by atoms with E-state index in [0.29, 0.717) is 12.0 Å². The molecule has 0 spiro atoms. The normalized spacial score (nSPS) is 20.6. The third-order valence-corrected chi connectivity index (χ3v) is 4.88. The van der Waals surface area contributed by atoms with E-state index in [1.54, 1.807) is 7.11 Å². The van der Waals surface area contributed by atoms with Crippen LogP contribution in [-0.2, 0) is 0 Å². The van der Waals surface area contributed by atoms with Crippen molar-refractivity contribution < 1.29 is 4.74 Å². The Kier molecular flexibility index (Phi) is 5.10. The van der Waals surface area contributed by atoms with E-state index in [1.165, 1.54) is 18.4 Å². The SMILES string of the molecule is COc1ccc(Br)c(C(CN)N2CCCC(C)(C)C2)c1. The number of methoxy groups -OCH3 is 1. The third-order valence-electron chi connectivity index (χ3n) is 4.16. The molecule has 1 atom stereocenters. The van der Waals surface area contributed by atoms with Crippen LogP contribution in [0.5, 0.6) is 5.75 Å². The van der Waals surface area contributed by atoms with Gasteiger partial charge in [-0.15, -0.1) is 0 Å². The van der Waals surface area contributed by atoms with Crippen molar-refractivity contribution in [3.8, 4) is 5.75 Å². The molecule has 1 unspecified atom stereocenters. The van der Waals surface area contributed by atoms with E-state index in [2.05, 4.69) is 40.7 Å². The molecular formula is C16H25BrN2O. The minimum absolute atomic E-state index is 0.249. The van der Waals surface area contributed by atoms with Crippen LogP contribution in [-0.4, -0.2) is 31.6 Å². The average molecular weight is 341 g/mol. The summed E-state index contributed by atoms with van der Waals surface area (Å²) in [7, 11) is 1.70. The highest BCUT2D eigenvalue weighted by atomic mass is 79.9. The zero-order valence-electron chi connectivity index (χ0n) is 12.7. The van der Waals surface area contributed by atoms with E-state index in [0.717, 1.165) is 23.3 Å². The van der Waals surface area contributed by atoms with Gasteiger partial charge in [0.15, 0.2) is 0 Å². The third kappa shape index (κ3) is 3.54. The summed E-state index contributed by atoms with van der Waals surface area (Å²) in [5, 5.41) is 0. The first-order valence-corrected chi connectivity index (χ1v) is 8.04. The standard InChI is InChI=1S/C16H25BrN2O/c1-16(2)7-4-8-19(11-16)15(10-18)13-9-12(20-3)5-6-14(13)17/h5-6,9,15H,4,7-8,10-11,18H2,1-3H3. The highest BCUT2D eigenvalue weighted by molar-refractivity contribution is 9.10. The number of ether oxygens (including phenoxy) is 1. The number of halogens is 1. The molecule has 0 saturated carbocycles. The Morgan fingerprint density at radius 1 is 1.45 bits per heavy atom. The molecule has 20 heavy (non-hydrogen) atoms. The average Bonchev–Trinajstić information content (AvgIpc) is 2.40. The van der Waals surface area contributed by atoms with Gasteiger partial charge >= 0.3 is 0 Å². The van der Waals surface area contributed by atoms with Crippen LogP contribution in [0.1, 0.15) is 38.3 Å². The fourth-order valence-corrected chi connectivity index (χ4v) is 3.62. The summed E-state index contributed by atoms with van der Waals surface area (Å²) in [5.41, 5.74) is 7.68. The lowest BCUT2D eigenvalue weighted by Gasteiger charge is -2.42. The van der Waals surface area contributed by atoms with Gasteiger partial charge in [-0.3, -0.25) is 4.90 Å². The molecule has 112 valence electrons. The number of hydrogen-bond acceptors (Lipinski definition) is 3. The smallest absolute Gasteiger partial charge is 0.119 e. The maximum absolute atomic E-state index is 6.08. The Bertz CT molecular complexity index is 462. The highest BCUT2D eigenvalue weighted by Crippen LogP contribution is 2.36. The van der Waals surface area contributed by atoms with Crippen LogP contribution >= 0.6 is 15.9 Å². The van der Waals surface area contributed by atoms with Gasteiger partial charge in [0, 0.05) is 23.6 Å². The van der Waals surface area contributed by atoms with Gasteiger partial charge in [-0.2, -0.15) is 0 Å². The van der Waals surface area contributed by atoms with Crippen LogP contribution in [0.2, 0.25) is 0 Å². The summed E-state index contributed by atoms with van der Waals surface area (Å²) in [6.45, 7) is 7.52. The van der Waals surface area contributed by atoms with Crippen LogP contribution in [0, 0.1) is 5.41 Å². The molecule has 1 fully saturated rings. The molecule has 0 radical (unpaired) electrons. The van der Waals surface area contributed by atoms with Crippen molar-refractivity contribution in [3.05, 3.63) is 28.2 Å². The van der Waals surface area contributed by atoms with Crippen molar-refractivity contribution in [2.45, 2.75) is 32.7 Å². The largest absolute Gasteiger partial charge is 0.497 e. The summed E-state index contributed by atoms with van der Waals surface area (Å²) in [6, 6.07) is 6.37.